The molecule has 418 valence electrons. The Morgan fingerprint density at radius 1 is 0.186 bits per heavy atom. The number of unbranched alkanes of at least 4 members (excludes halogenated alkanes) is 55. The van der Waals surface area contributed by atoms with E-state index < -0.39 is 0 Å². The third-order valence-electron chi connectivity index (χ3n) is 15.5. The van der Waals surface area contributed by atoms with E-state index in [4.69, 9.17) is 9.47 Å². The summed E-state index contributed by atoms with van der Waals surface area (Å²) in [6.07, 6.45) is 80.2. The number of hydrogen-bond acceptors (Lipinski definition) is 4. The lowest BCUT2D eigenvalue weighted by molar-refractivity contribution is -0.144. The van der Waals surface area contributed by atoms with Gasteiger partial charge in [0.25, 0.3) is 0 Å². The third-order valence-corrected chi connectivity index (χ3v) is 15.5. The monoisotopic (exact) mass is 987 g/mol. The van der Waals surface area contributed by atoms with Gasteiger partial charge in [-0.15, -0.1) is 0 Å². The van der Waals surface area contributed by atoms with Crippen LogP contribution in [0.15, 0.2) is 0 Å². The van der Waals surface area contributed by atoms with E-state index in [1.54, 1.807) is 0 Å². The van der Waals surface area contributed by atoms with Crippen molar-refractivity contribution in [3.8, 4) is 0 Å². The van der Waals surface area contributed by atoms with Gasteiger partial charge in [0.15, 0.2) is 0 Å². The van der Waals surface area contributed by atoms with Crippen molar-refractivity contribution in [1.82, 2.24) is 0 Å². The van der Waals surface area contributed by atoms with Gasteiger partial charge < -0.3 is 9.47 Å². The molecule has 0 aromatic carbocycles. The molecular weight excluding hydrogens is 857 g/mol. The van der Waals surface area contributed by atoms with E-state index in [9.17, 15) is 9.59 Å². The number of carbonyl (C=O) groups is 2. The van der Waals surface area contributed by atoms with Crippen LogP contribution in [0.2, 0.25) is 0 Å². The second kappa shape index (κ2) is 64.1. The maximum Gasteiger partial charge on any atom is 0.305 e. The van der Waals surface area contributed by atoms with Crippen molar-refractivity contribution in [1.29, 1.82) is 0 Å². The predicted octanol–water partition coefficient (Wildman–Crippen LogP) is 23.5. The highest BCUT2D eigenvalue weighted by Crippen LogP contribution is 2.19. The maximum absolute atomic E-state index is 12.1. The molecule has 0 spiro atoms. The Kier molecular flexibility index (Phi) is 63.1. The fourth-order valence-corrected chi connectivity index (χ4v) is 10.6. The number of carbonyl (C=O) groups excluding carboxylic acids is 2. The van der Waals surface area contributed by atoms with Crippen LogP contribution in [0.5, 0.6) is 0 Å². The summed E-state index contributed by atoms with van der Waals surface area (Å²) in [7, 11) is 0. The van der Waals surface area contributed by atoms with E-state index in [2.05, 4.69) is 13.8 Å². The fraction of sp³-hybridized carbons (Fsp3) is 0.970. The van der Waals surface area contributed by atoms with Gasteiger partial charge >= 0.3 is 11.9 Å². The van der Waals surface area contributed by atoms with Crippen LogP contribution in [0.25, 0.3) is 0 Å². The van der Waals surface area contributed by atoms with Gasteiger partial charge in [-0.05, 0) is 25.7 Å². The molecule has 4 heteroatoms. The molecule has 0 atom stereocenters. The van der Waals surface area contributed by atoms with Crippen molar-refractivity contribution >= 4 is 11.9 Å². The molecule has 0 N–H and O–H groups in total. The number of ether oxygens (including phenoxy) is 2. The first kappa shape index (κ1) is 68.9. The zero-order chi connectivity index (χ0) is 50.4. The third kappa shape index (κ3) is 63.1. The van der Waals surface area contributed by atoms with Crippen molar-refractivity contribution in [2.45, 2.75) is 399 Å². The molecular formula is C66H130O4. The average molecular weight is 988 g/mol. The van der Waals surface area contributed by atoms with Crippen LogP contribution < -0.4 is 0 Å². The summed E-state index contributed by atoms with van der Waals surface area (Å²) in [5, 5.41) is 0. The summed E-state index contributed by atoms with van der Waals surface area (Å²) in [5.74, 6) is 0.0450. The van der Waals surface area contributed by atoms with Crippen molar-refractivity contribution in [3.63, 3.8) is 0 Å². The Morgan fingerprint density at radius 2 is 0.314 bits per heavy atom. The molecule has 0 unspecified atom stereocenters. The molecule has 0 heterocycles. The van der Waals surface area contributed by atoms with Crippen LogP contribution in [0.1, 0.15) is 399 Å². The highest BCUT2D eigenvalue weighted by atomic mass is 16.5. The van der Waals surface area contributed by atoms with Crippen molar-refractivity contribution in [2.75, 3.05) is 13.2 Å². The fourth-order valence-electron chi connectivity index (χ4n) is 10.6. The van der Waals surface area contributed by atoms with Crippen LogP contribution in [-0.2, 0) is 19.1 Å². The van der Waals surface area contributed by atoms with Crippen molar-refractivity contribution in [2.24, 2.45) is 0 Å². The summed E-state index contributed by atoms with van der Waals surface area (Å²) in [5.41, 5.74) is 0. The van der Waals surface area contributed by atoms with E-state index in [1.165, 1.54) is 347 Å². The molecule has 0 saturated carbocycles. The van der Waals surface area contributed by atoms with E-state index in [-0.39, 0.29) is 11.9 Å². The zero-order valence-corrected chi connectivity index (χ0v) is 48.5. The molecule has 4 nitrogen and oxygen atoms in total. The number of hydrogen-bond donors (Lipinski definition) is 0. The van der Waals surface area contributed by atoms with Crippen LogP contribution >= 0.6 is 0 Å². The number of esters is 2. The largest absolute Gasteiger partial charge is 0.466 e. The Hall–Kier alpha value is -1.06. The predicted molar refractivity (Wildman–Crippen MR) is 310 cm³/mol. The van der Waals surface area contributed by atoms with Crippen LogP contribution in [0, 0.1) is 0 Å². The SMILES string of the molecule is CCCCCCCCCCCCCCCCCCCCCCOC(=O)CCCCCCCCCCCCCCCCCCCCC(=O)OCCCCCCCCCCCCCCCCCCCCCC. The lowest BCUT2D eigenvalue weighted by Crippen LogP contribution is -2.05. The van der Waals surface area contributed by atoms with E-state index in [0.717, 1.165) is 25.7 Å². The molecule has 0 aromatic heterocycles. The molecule has 0 bridgehead atoms. The average Bonchev–Trinajstić information content (AvgIpc) is 3.36. The van der Waals surface area contributed by atoms with Crippen LogP contribution in [-0.4, -0.2) is 25.2 Å². The Labute approximate surface area is 441 Å². The summed E-state index contributed by atoms with van der Waals surface area (Å²) in [6, 6.07) is 0. The number of rotatable bonds is 63. The van der Waals surface area contributed by atoms with Crippen LogP contribution in [0.4, 0.5) is 0 Å². The molecule has 70 heavy (non-hydrogen) atoms. The van der Waals surface area contributed by atoms with Gasteiger partial charge in [-0.25, -0.2) is 0 Å². The van der Waals surface area contributed by atoms with Gasteiger partial charge in [0.2, 0.25) is 0 Å². The highest BCUT2D eigenvalue weighted by Gasteiger charge is 2.05. The summed E-state index contributed by atoms with van der Waals surface area (Å²) < 4.78 is 11.0. The first-order chi connectivity index (χ1) is 34.7. The minimum Gasteiger partial charge on any atom is -0.466 e. The minimum absolute atomic E-state index is 0.0225. The first-order valence-corrected chi connectivity index (χ1v) is 33.0. The van der Waals surface area contributed by atoms with Gasteiger partial charge in [-0.2, -0.15) is 0 Å². The van der Waals surface area contributed by atoms with Gasteiger partial charge in [0.05, 0.1) is 13.2 Å². The first-order valence-electron chi connectivity index (χ1n) is 33.0. The smallest absolute Gasteiger partial charge is 0.305 e. The molecule has 0 aliphatic rings. The molecule has 0 fully saturated rings. The molecule has 0 aromatic rings. The van der Waals surface area contributed by atoms with Gasteiger partial charge in [0, 0.05) is 12.8 Å². The molecule has 0 aliphatic heterocycles. The van der Waals surface area contributed by atoms with E-state index in [0.29, 0.717) is 26.1 Å². The summed E-state index contributed by atoms with van der Waals surface area (Å²) >= 11 is 0. The Bertz CT molecular complexity index is 888. The van der Waals surface area contributed by atoms with Gasteiger partial charge in [-0.1, -0.05) is 361 Å². The normalized spacial score (nSPS) is 11.5. The minimum atomic E-state index is 0.0225. The van der Waals surface area contributed by atoms with Crippen molar-refractivity contribution in [3.05, 3.63) is 0 Å². The van der Waals surface area contributed by atoms with E-state index >= 15 is 0 Å². The zero-order valence-electron chi connectivity index (χ0n) is 48.5. The highest BCUT2D eigenvalue weighted by molar-refractivity contribution is 5.69. The van der Waals surface area contributed by atoms with Gasteiger partial charge in [0.1, 0.15) is 0 Å². The van der Waals surface area contributed by atoms with Crippen LogP contribution in [0.3, 0.4) is 0 Å². The molecule has 0 rings (SSSR count). The topological polar surface area (TPSA) is 52.6 Å². The second-order valence-electron chi connectivity index (χ2n) is 22.7. The molecule has 0 amide bonds. The van der Waals surface area contributed by atoms with Gasteiger partial charge in [-0.3, -0.25) is 9.59 Å². The Balaban J connectivity index is 3.19. The molecule has 0 aliphatic carbocycles. The Morgan fingerprint density at radius 3 is 0.471 bits per heavy atom. The van der Waals surface area contributed by atoms with Crippen molar-refractivity contribution < 1.29 is 19.1 Å². The maximum atomic E-state index is 12.1. The standard InChI is InChI=1S/C66H130O4/c1-3-5-7-9-11-13-15-17-19-21-23-27-31-35-39-43-47-51-55-59-63-69-65(67)61-57-53-49-45-41-37-33-29-25-26-30-34-38-42-46-50-54-58-62-66(68)70-64-60-56-52-48-44-40-36-32-28-24-22-20-18-16-14-12-10-8-6-4-2/h3-64H2,1-2H3. The lowest BCUT2D eigenvalue weighted by Gasteiger charge is -2.06. The second-order valence-corrected chi connectivity index (χ2v) is 22.7. The molecule has 0 radical (unpaired) electrons. The summed E-state index contributed by atoms with van der Waals surface area (Å²) in [6.45, 7) is 5.85. The lowest BCUT2D eigenvalue weighted by atomic mass is 10.0. The summed E-state index contributed by atoms with van der Waals surface area (Å²) in [4.78, 5) is 24.2. The van der Waals surface area contributed by atoms with E-state index in [1.807, 2.05) is 0 Å². The molecule has 0 saturated heterocycles. The quantitative estimate of drug-likeness (QED) is 0.0450.